The minimum Gasteiger partial charge on any atom is -0.453 e. The minimum absolute atomic E-state index is 0.308. The molecule has 22 heavy (non-hydrogen) atoms. The van der Waals surface area contributed by atoms with Crippen molar-refractivity contribution in [3.05, 3.63) is 78.0 Å². The number of hydrogen-bond donors (Lipinski definition) is 1. The summed E-state index contributed by atoms with van der Waals surface area (Å²) in [4.78, 5) is 12.2. The number of aromatic nitrogens is 2. The zero-order chi connectivity index (χ0) is 15.4. The number of aromatic amines is 1. The average Bonchev–Trinajstić information content (AvgIpc) is 3.06. The van der Waals surface area contributed by atoms with Crippen molar-refractivity contribution in [3.8, 4) is 11.3 Å². The molecule has 0 aliphatic carbocycles. The van der Waals surface area contributed by atoms with Crippen molar-refractivity contribution in [2.75, 3.05) is 0 Å². The lowest BCUT2D eigenvalue weighted by Gasteiger charge is -2.12. The van der Waals surface area contributed by atoms with Gasteiger partial charge in [0.15, 0.2) is 0 Å². The normalized spacial score (nSPS) is 11.9. The summed E-state index contributed by atoms with van der Waals surface area (Å²) in [5.41, 5.74) is 2.98. The highest BCUT2D eigenvalue weighted by molar-refractivity contribution is 5.88. The number of carbonyl (C=O) groups is 1. The molecule has 2 aromatic carbocycles. The standard InChI is InChI=1S/C18H16N2O2/c1-13(14-8-4-2-5-9-14)22-18(21)17-12-16(19-20-17)15-10-6-3-7-11-15/h2-13H,1H3,(H,19,20)/t13-/m0/s1. The number of ether oxygens (including phenoxy) is 1. The highest BCUT2D eigenvalue weighted by Crippen LogP contribution is 2.20. The maximum absolute atomic E-state index is 12.2. The van der Waals surface area contributed by atoms with Crippen molar-refractivity contribution >= 4 is 5.97 Å². The van der Waals surface area contributed by atoms with Crippen LogP contribution in [0.4, 0.5) is 0 Å². The molecule has 0 saturated carbocycles. The molecule has 0 amide bonds. The van der Waals surface area contributed by atoms with E-state index in [9.17, 15) is 4.79 Å². The van der Waals surface area contributed by atoms with Crippen molar-refractivity contribution in [1.82, 2.24) is 10.2 Å². The van der Waals surface area contributed by atoms with Crippen LogP contribution in [0, 0.1) is 0 Å². The maximum atomic E-state index is 12.2. The van der Waals surface area contributed by atoms with Gasteiger partial charge in [0.2, 0.25) is 0 Å². The Hall–Kier alpha value is -2.88. The van der Waals surface area contributed by atoms with Gasteiger partial charge in [0.05, 0.1) is 5.69 Å². The number of hydrogen-bond acceptors (Lipinski definition) is 3. The van der Waals surface area contributed by atoms with Gasteiger partial charge in [-0.15, -0.1) is 0 Å². The van der Waals surface area contributed by atoms with Crippen LogP contribution in [-0.2, 0) is 4.74 Å². The Morgan fingerprint density at radius 3 is 2.36 bits per heavy atom. The van der Waals surface area contributed by atoms with Crippen molar-refractivity contribution < 1.29 is 9.53 Å². The van der Waals surface area contributed by atoms with E-state index >= 15 is 0 Å². The molecule has 110 valence electrons. The molecule has 4 nitrogen and oxygen atoms in total. The van der Waals surface area contributed by atoms with Crippen LogP contribution in [0.2, 0.25) is 0 Å². The second-order valence-corrected chi connectivity index (χ2v) is 4.99. The molecule has 3 aromatic rings. The lowest BCUT2D eigenvalue weighted by atomic mass is 10.1. The molecular weight excluding hydrogens is 276 g/mol. The lowest BCUT2D eigenvalue weighted by molar-refractivity contribution is 0.0331. The molecule has 0 spiro atoms. The molecule has 0 unspecified atom stereocenters. The quantitative estimate of drug-likeness (QED) is 0.740. The first-order chi connectivity index (χ1) is 10.7. The van der Waals surface area contributed by atoms with Crippen molar-refractivity contribution in [2.45, 2.75) is 13.0 Å². The monoisotopic (exact) mass is 292 g/mol. The highest BCUT2D eigenvalue weighted by Gasteiger charge is 2.16. The van der Waals surface area contributed by atoms with Crippen LogP contribution in [0.25, 0.3) is 11.3 Å². The van der Waals surface area contributed by atoms with Crippen LogP contribution in [0.1, 0.15) is 29.1 Å². The Bertz CT molecular complexity index is 751. The fourth-order valence-corrected chi connectivity index (χ4v) is 2.20. The molecule has 0 bridgehead atoms. The SMILES string of the molecule is C[C@H](OC(=O)c1cc(-c2ccccc2)n[nH]1)c1ccccc1. The summed E-state index contributed by atoms with van der Waals surface area (Å²) in [5.74, 6) is -0.411. The summed E-state index contributed by atoms with van der Waals surface area (Å²) in [6, 6.07) is 21.0. The molecule has 0 aliphatic rings. The minimum atomic E-state index is -0.411. The average molecular weight is 292 g/mol. The Morgan fingerprint density at radius 2 is 1.68 bits per heavy atom. The van der Waals surface area contributed by atoms with Gasteiger partial charge in [0, 0.05) is 5.56 Å². The number of nitrogens with zero attached hydrogens (tertiary/aromatic N) is 1. The molecule has 4 heteroatoms. The van der Waals surface area contributed by atoms with E-state index in [2.05, 4.69) is 10.2 Å². The molecule has 1 N–H and O–H groups in total. The topological polar surface area (TPSA) is 55.0 Å². The number of benzene rings is 2. The third-order valence-electron chi connectivity index (χ3n) is 3.42. The van der Waals surface area contributed by atoms with Gasteiger partial charge >= 0.3 is 5.97 Å². The molecule has 1 heterocycles. The number of nitrogens with one attached hydrogen (secondary N) is 1. The van der Waals surface area contributed by atoms with Gasteiger partial charge < -0.3 is 4.74 Å². The molecule has 0 aliphatic heterocycles. The van der Waals surface area contributed by atoms with Gasteiger partial charge in [-0.05, 0) is 18.6 Å². The molecule has 3 rings (SSSR count). The van der Waals surface area contributed by atoms with Crippen LogP contribution in [0.15, 0.2) is 66.7 Å². The summed E-state index contributed by atoms with van der Waals surface area (Å²) in [5, 5.41) is 6.90. The van der Waals surface area contributed by atoms with Gasteiger partial charge in [-0.2, -0.15) is 5.10 Å². The van der Waals surface area contributed by atoms with E-state index in [1.54, 1.807) is 6.07 Å². The van der Waals surface area contributed by atoms with E-state index < -0.39 is 5.97 Å². The smallest absolute Gasteiger partial charge is 0.356 e. The van der Waals surface area contributed by atoms with Gasteiger partial charge in [-0.3, -0.25) is 5.10 Å². The molecule has 1 aromatic heterocycles. The largest absolute Gasteiger partial charge is 0.453 e. The van der Waals surface area contributed by atoms with Crippen LogP contribution < -0.4 is 0 Å². The Morgan fingerprint density at radius 1 is 1.05 bits per heavy atom. The molecule has 1 atom stereocenters. The fraction of sp³-hybridized carbons (Fsp3) is 0.111. The second-order valence-electron chi connectivity index (χ2n) is 4.99. The van der Waals surface area contributed by atoms with Crippen LogP contribution in [0.3, 0.4) is 0 Å². The van der Waals surface area contributed by atoms with Gasteiger partial charge in [0.1, 0.15) is 11.8 Å². The molecular formula is C18H16N2O2. The van der Waals surface area contributed by atoms with Gasteiger partial charge in [-0.1, -0.05) is 60.7 Å². The van der Waals surface area contributed by atoms with Crippen molar-refractivity contribution in [1.29, 1.82) is 0 Å². The Balaban J connectivity index is 1.72. The summed E-state index contributed by atoms with van der Waals surface area (Å²) < 4.78 is 5.46. The van der Waals surface area contributed by atoms with E-state index in [1.807, 2.05) is 67.6 Å². The maximum Gasteiger partial charge on any atom is 0.356 e. The van der Waals surface area contributed by atoms with Gasteiger partial charge in [0.25, 0.3) is 0 Å². The summed E-state index contributed by atoms with van der Waals surface area (Å²) in [6.45, 7) is 1.85. The molecule has 0 saturated heterocycles. The summed E-state index contributed by atoms with van der Waals surface area (Å²) in [6.07, 6.45) is -0.308. The Labute approximate surface area is 128 Å². The lowest BCUT2D eigenvalue weighted by Crippen LogP contribution is -2.09. The van der Waals surface area contributed by atoms with E-state index in [1.165, 1.54) is 0 Å². The van der Waals surface area contributed by atoms with Crippen LogP contribution >= 0.6 is 0 Å². The first-order valence-corrected chi connectivity index (χ1v) is 7.11. The fourth-order valence-electron chi connectivity index (χ4n) is 2.20. The number of H-pyrrole nitrogens is 1. The van der Waals surface area contributed by atoms with Crippen molar-refractivity contribution in [2.24, 2.45) is 0 Å². The molecule has 0 radical (unpaired) electrons. The number of carbonyl (C=O) groups excluding carboxylic acids is 1. The van der Waals surface area contributed by atoms with Gasteiger partial charge in [-0.25, -0.2) is 4.79 Å². The van der Waals surface area contributed by atoms with E-state index in [0.29, 0.717) is 5.69 Å². The third-order valence-corrected chi connectivity index (χ3v) is 3.42. The first-order valence-electron chi connectivity index (χ1n) is 7.11. The van der Waals surface area contributed by atoms with Crippen LogP contribution in [-0.4, -0.2) is 16.2 Å². The predicted molar refractivity (Wildman–Crippen MR) is 84.3 cm³/mol. The van der Waals surface area contributed by atoms with Crippen molar-refractivity contribution in [3.63, 3.8) is 0 Å². The second kappa shape index (κ2) is 6.26. The predicted octanol–water partition coefficient (Wildman–Crippen LogP) is 3.99. The zero-order valence-corrected chi connectivity index (χ0v) is 12.2. The summed E-state index contributed by atoms with van der Waals surface area (Å²) in [7, 11) is 0. The zero-order valence-electron chi connectivity index (χ0n) is 12.2. The first kappa shape index (κ1) is 14.1. The van der Waals surface area contributed by atoms with Crippen LogP contribution in [0.5, 0.6) is 0 Å². The third kappa shape index (κ3) is 3.06. The van der Waals surface area contributed by atoms with E-state index in [0.717, 1.165) is 16.8 Å². The van der Waals surface area contributed by atoms with E-state index in [4.69, 9.17) is 4.74 Å². The van der Waals surface area contributed by atoms with E-state index in [-0.39, 0.29) is 6.10 Å². The number of esters is 1. The number of rotatable bonds is 4. The molecule has 0 fully saturated rings. The highest BCUT2D eigenvalue weighted by atomic mass is 16.5. The Kier molecular flexibility index (Phi) is 4.01. The summed E-state index contributed by atoms with van der Waals surface area (Å²) >= 11 is 0.